The number of hydrogen-bond donors (Lipinski definition) is 0. The molecule has 0 fully saturated rings. The van der Waals surface area contributed by atoms with Crippen LogP contribution >= 0.6 is 0 Å². The third kappa shape index (κ3) is 3.34. The van der Waals surface area contributed by atoms with Gasteiger partial charge in [-0.25, -0.2) is 4.39 Å². The van der Waals surface area contributed by atoms with E-state index < -0.39 is 14.1 Å². The second-order valence-electron chi connectivity index (χ2n) is 6.56. The SMILES string of the molecule is COc1cc(F)c(C=O)cc1O[Si](C(C)C)(C(C)C)C(C)C. The van der Waals surface area contributed by atoms with E-state index in [1.807, 2.05) is 0 Å². The first-order valence-corrected chi connectivity index (χ1v) is 9.86. The molecule has 5 heteroatoms. The van der Waals surface area contributed by atoms with Crippen molar-refractivity contribution in [2.24, 2.45) is 0 Å². The number of halogens is 1. The van der Waals surface area contributed by atoms with Gasteiger partial charge in [0, 0.05) is 6.07 Å². The van der Waals surface area contributed by atoms with Crippen molar-refractivity contribution in [3.05, 3.63) is 23.5 Å². The van der Waals surface area contributed by atoms with Gasteiger partial charge in [-0.1, -0.05) is 41.5 Å². The predicted molar refractivity (Wildman–Crippen MR) is 90.0 cm³/mol. The Bertz CT molecular complexity index is 505. The standard InChI is InChI=1S/C17H27FO3Si/c1-11(2)22(12(3)4,13(5)6)21-17-8-14(10-19)15(18)9-16(17)20-7/h8-13H,1-7H3. The van der Waals surface area contributed by atoms with Crippen LogP contribution in [0.25, 0.3) is 0 Å². The van der Waals surface area contributed by atoms with Crippen LogP contribution in [0.15, 0.2) is 12.1 Å². The number of carbonyl (C=O) groups is 1. The number of aldehydes is 1. The summed E-state index contributed by atoms with van der Waals surface area (Å²) in [5.74, 6) is 0.209. The molecule has 0 radical (unpaired) electrons. The average molecular weight is 326 g/mol. The largest absolute Gasteiger partial charge is 0.540 e. The predicted octanol–water partition coefficient (Wildman–Crippen LogP) is 5.20. The van der Waals surface area contributed by atoms with Crippen molar-refractivity contribution in [2.75, 3.05) is 7.11 Å². The van der Waals surface area contributed by atoms with E-state index in [0.29, 0.717) is 34.4 Å². The second-order valence-corrected chi connectivity index (χ2v) is 11.9. The number of ether oxygens (including phenoxy) is 1. The van der Waals surface area contributed by atoms with Crippen LogP contribution in [0.2, 0.25) is 16.6 Å². The monoisotopic (exact) mass is 326 g/mol. The van der Waals surface area contributed by atoms with Gasteiger partial charge in [-0.3, -0.25) is 4.79 Å². The van der Waals surface area contributed by atoms with Gasteiger partial charge in [0.1, 0.15) is 11.6 Å². The summed E-state index contributed by atoms with van der Waals surface area (Å²) in [5.41, 5.74) is 1.13. The summed E-state index contributed by atoms with van der Waals surface area (Å²) >= 11 is 0. The van der Waals surface area contributed by atoms with Gasteiger partial charge in [0.25, 0.3) is 8.32 Å². The minimum atomic E-state index is -2.19. The third-order valence-corrected chi connectivity index (χ3v) is 10.4. The summed E-state index contributed by atoms with van der Waals surface area (Å²) in [6.45, 7) is 13.0. The smallest absolute Gasteiger partial charge is 0.258 e. The lowest BCUT2D eigenvalue weighted by molar-refractivity contribution is 0.111. The Morgan fingerprint density at radius 2 is 1.50 bits per heavy atom. The Kier molecular flexibility index (Phi) is 6.17. The molecule has 0 aromatic heterocycles. The molecule has 0 amide bonds. The highest BCUT2D eigenvalue weighted by Crippen LogP contribution is 2.45. The zero-order valence-corrected chi connectivity index (χ0v) is 15.6. The van der Waals surface area contributed by atoms with Crippen molar-refractivity contribution in [1.29, 1.82) is 0 Å². The fourth-order valence-electron chi connectivity index (χ4n) is 3.42. The van der Waals surface area contributed by atoms with Gasteiger partial charge >= 0.3 is 0 Å². The Morgan fingerprint density at radius 1 is 1.00 bits per heavy atom. The van der Waals surface area contributed by atoms with E-state index in [1.54, 1.807) is 0 Å². The Hall–Kier alpha value is -1.36. The van der Waals surface area contributed by atoms with Crippen LogP contribution in [-0.4, -0.2) is 21.7 Å². The maximum Gasteiger partial charge on any atom is 0.258 e. The zero-order valence-electron chi connectivity index (χ0n) is 14.6. The van der Waals surface area contributed by atoms with E-state index in [1.165, 1.54) is 19.2 Å². The van der Waals surface area contributed by atoms with Crippen molar-refractivity contribution in [2.45, 2.75) is 58.2 Å². The highest BCUT2D eigenvalue weighted by Gasteiger charge is 2.47. The molecule has 0 spiro atoms. The highest BCUT2D eigenvalue weighted by molar-refractivity contribution is 6.78. The summed E-state index contributed by atoms with van der Waals surface area (Å²) < 4.78 is 25.5. The molecule has 124 valence electrons. The molecule has 0 atom stereocenters. The molecule has 0 heterocycles. The lowest BCUT2D eigenvalue weighted by Crippen LogP contribution is -2.50. The van der Waals surface area contributed by atoms with E-state index in [2.05, 4.69) is 41.5 Å². The van der Waals surface area contributed by atoms with Crippen LogP contribution in [0.1, 0.15) is 51.9 Å². The first-order chi connectivity index (χ1) is 10.2. The third-order valence-electron chi connectivity index (χ3n) is 4.40. The maximum atomic E-state index is 13.8. The normalized spacial score (nSPS) is 12.1. The summed E-state index contributed by atoms with van der Waals surface area (Å²) in [6, 6.07) is 2.68. The second kappa shape index (κ2) is 7.27. The Morgan fingerprint density at radius 3 is 1.86 bits per heavy atom. The maximum absolute atomic E-state index is 13.8. The molecule has 1 aromatic carbocycles. The molecule has 3 nitrogen and oxygen atoms in total. The quantitative estimate of drug-likeness (QED) is 0.510. The minimum Gasteiger partial charge on any atom is -0.540 e. The van der Waals surface area contributed by atoms with Gasteiger partial charge < -0.3 is 9.16 Å². The van der Waals surface area contributed by atoms with Crippen LogP contribution in [0.4, 0.5) is 4.39 Å². The molecule has 0 aliphatic carbocycles. The van der Waals surface area contributed by atoms with Crippen molar-refractivity contribution in [3.8, 4) is 11.5 Å². The van der Waals surface area contributed by atoms with E-state index in [0.717, 1.165) is 0 Å². The van der Waals surface area contributed by atoms with Crippen molar-refractivity contribution < 1.29 is 18.3 Å². The molecule has 1 rings (SSSR count). The fourth-order valence-corrected chi connectivity index (χ4v) is 8.67. The summed E-state index contributed by atoms with van der Waals surface area (Å²) in [6.07, 6.45) is 0.505. The van der Waals surface area contributed by atoms with Gasteiger partial charge in [-0.15, -0.1) is 0 Å². The zero-order chi connectivity index (χ0) is 17.1. The van der Waals surface area contributed by atoms with Gasteiger partial charge in [0.15, 0.2) is 12.0 Å². The average Bonchev–Trinajstić information content (AvgIpc) is 2.44. The van der Waals surface area contributed by atoms with Crippen molar-refractivity contribution >= 4 is 14.6 Å². The Balaban J connectivity index is 3.43. The van der Waals surface area contributed by atoms with E-state index in [9.17, 15) is 9.18 Å². The van der Waals surface area contributed by atoms with Crippen LogP contribution in [0.3, 0.4) is 0 Å². The highest BCUT2D eigenvalue weighted by atomic mass is 28.4. The molecule has 0 aliphatic rings. The summed E-state index contributed by atoms with van der Waals surface area (Å²) in [5, 5.41) is 0. The molecule has 0 aliphatic heterocycles. The van der Waals surface area contributed by atoms with Crippen LogP contribution in [0.5, 0.6) is 11.5 Å². The molecule has 0 saturated heterocycles. The van der Waals surface area contributed by atoms with Crippen LogP contribution in [0, 0.1) is 5.82 Å². The number of carbonyl (C=O) groups excluding carboxylic acids is 1. The molecular weight excluding hydrogens is 299 g/mol. The molecule has 0 bridgehead atoms. The lowest BCUT2D eigenvalue weighted by Gasteiger charge is -2.42. The topological polar surface area (TPSA) is 35.5 Å². The van der Waals surface area contributed by atoms with Gasteiger partial charge in [0.05, 0.1) is 12.7 Å². The first-order valence-electron chi connectivity index (χ1n) is 7.72. The van der Waals surface area contributed by atoms with Crippen molar-refractivity contribution in [3.63, 3.8) is 0 Å². The minimum absolute atomic E-state index is 0.00466. The Labute approximate surface area is 134 Å². The van der Waals surface area contributed by atoms with Gasteiger partial charge in [-0.05, 0) is 22.7 Å². The van der Waals surface area contributed by atoms with Crippen LogP contribution < -0.4 is 9.16 Å². The summed E-state index contributed by atoms with van der Waals surface area (Å²) in [4.78, 5) is 11.0. The summed E-state index contributed by atoms with van der Waals surface area (Å²) in [7, 11) is -0.710. The molecular formula is C17H27FO3Si. The molecule has 0 unspecified atom stereocenters. The lowest BCUT2D eigenvalue weighted by atomic mass is 10.2. The molecule has 0 N–H and O–H groups in total. The molecule has 22 heavy (non-hydrogen) atoms. The van der Waals surface area contributed by atoms with Gasteiger partial charge in [-0.2, -0.15) is 0 Å². The van der Waals surface area contributed by atoms with Crippen molar-refractivity contribution in [1.82, 2.24) is 0 Å². The number of benzene rings is 1. The molecule has 1 aromatic rings. The number of rotatable bonds is 7. The van der Waals surface area contributed by atoms with Crippen LogP contribution in [-0.2, 0) is 0 Å². The van der Waals surface area contributed by atoms with Gasteiger partial charge in [0.2, 0.25) is 0 Å². The van der Waals surface area contributed by atoms with E-state index in [-0.39, 0.29) is 5.56 Å². The number of hydrogen-bond acceptors (Lipinski definition) is 3. The molecule has 0 saturated carbocycles. The van der Waals surface area contributed by atoms with E-state index >= 15 is 0 Å². The number of methoxy groups -OCH3 is 1. The van der Waals surface area contributed by atoms with E-state index in [4.69, 9.17) is 9.16 Å². The first kappa shape index (κ1) is 18.7. The fraction of sp³-hybridized carbons (Fsp3) is 0.588.